The van der Waals surface area contributed by atoms with Gasteiger partial charge >= 0.3 is 0 Å². The summed E-state index contributed by atoms with van der Waals surface area (Å²) in [5, 5.41) is 4.20. The average molecular weight is 408 g/mol. The Morgan fingerprint density at radius 3 is 2.40 bits per heavy atom. The molecule has 2 heterocycles. The van der Waals surface area contributed by atoms with Gasteiger partial charge in [0.15, 0.2) is 11.5 Å². The van der Waals surface area contributed by atoms with E-state index in [1.54, 1.807) is 0 Å². The molecule has 1 saturated heterocycles. The maximum Gasteiger partial charge on any atom is 0.258 e. The van der Waals surface area contributed by atoms with E-state index in [0.29, 0.717) is 36.4 Å². The zero-order chi connectivity index (χ0) is 20.9. The van der Waals surface area contributed by atoms with Crippen molar-refractivity contribution >= 4 is 0 Å². The zero-order valence-electron chi connectivity index (χ0n) is 18.0. The van der Waals surface area contributed by atoms with Crippen LogP contribution in [0.4, 0.5) is 0 Å². The molecule has 4 rings (SSSR count). The summed E-state index contributed by atoms with van der Waals surface area (Å²) in [6.07, 6.45) is 2.61. The Morgan fingerprint density at radius 2 is 1.67 bits per heavy atom. The number of benzene rings is 2. The molecule has 30 heavy (non-hydrogen) atoms. The smallest absolute Gasteiger partial charge is 0.258 e. The van der Waals surface area contributed by atoms with Crippen LogP contribution in [0, 0.1) is 6.92 Å². The highest BCUT2D eigenvalue weighted by Crippen LogP contribution is 2.33. The normalized spacial score (nSPS) is 14.2. The van der Waals surface area contributed by atoms with Crippen LogP contribution in [0.25, 0.3) is 22.8 Å². The van der Waals surface area contributed by atoms with E-state index < -0.39 is 0 Å². The van der Waals surface area contributed by atoms with Gasteiger partial charge in [0.25, 0.3) is 5.89 Å². The third kappa shape index (κ3) is 4.49. The van der Waals surface area contributed by atoms with Crippen LogP contribution in [0.5, 0.6) is 11.5 Å². The molecule has 0 saturated carbocycles. The fourth-order valence-corrected chi connectivity index (χ4v) is 3.84. The predicted octanol–water partition coefficient (Wildman–Crippen LogP) is 5.11. The summed E-state index contributed by atoms with van der Waals surface area (Å²) in [5.41, 5.74) is 4.38. The SMILES string of the molecule is CCOc1ccc(-c2nc(-c3ccc(CN4CCCC4)c(C)c3)no2)cc1OCC. The molecule has 0 amide bonds. The van der Waals surface area contributed by atoms with Gasteiger partial charge in [-0.2, -0.15) is 4.98 Å². The quantitative estimate of drug-likeness (QED) is 0.517. The minimum absolute atomic E-state index is 0.466. The first-order valence-corrected chi connectivity index (χ1v) is 10.7. The Morgan fingerprint density at radius 1 is 0.933 bits per heavy atom. The molecule has 0 bridgehead atoms. The maximum atomic E-state index is 5.71. The van der Waals surface area contributed by atoms with Gasteiger partial charge < -0.3 is 14.0 Å². The van der Waals surface area contributed by atoms with Gasteiger partial charge in [-0.05, 0) is 82.1 Å². The highest BCUT2D eigenvalue weighted by molar-refractivity contribution is 5.63. The molecule has 3 aromatic rings. The highest BCUT2D eigenvalue weighted by Gasteiger charge is 2.16. The fraction of sp³-hybridized carbons (Fsp3) is 0.417. The van der Waals surface area contributed by atoms with E-state index in [9.17, 15) is 0 Å². The van der Waals surface area contributed by atoms with E-state index in [-0.39, 0.29) is 0 Å². The van der Waals surface area contributed by atoms with Crippen molar-refractivity contribution in [3.63, 3.8) is 0 Å². The van der Waals surface area contributed by atoms with Crippen LogP contribution in [-0.4, -0.2) is 41.3 Å². The van der Waals surface area contributed by atoms with Crippen LogP contribution in [0.1, 0.15) is 37.8 Å². The van der Waals surface area contributed by atoms with Gasteiger partial charge in [-0.3, -0.25) is 4.90 Å². The van der Waals surface area contributed by atoms with E-state index in [0.717, 1.165) is 17.7 Å². The molecule has 1 fully saturated rings. The lowest BCUT2D eigenvalue weighted by Gasteiger charge is -2.16. The van der Waals surface area contributed by atoms with E-state index in [1.807, 2.05) is 32.0 Å². The average Bonchev–Trinajstić information content (AvgIpc) is 3.43. The first kappa shape index (κ1) is 20.4. The molecule has 2 aromatic carbocycles. The van der Waals surface area contributed by atoms with E-state index >= 15 is 0 Å². The number of hydrogen-bond donors (Lipinski definition) is 0. The molecule has 0 spiro atoms. The summed E-state index contributed by atoms with van der Waals surface area (Å²) in [6.45, 7) is 10.6. The van der Waals surface area contributed by atoms with Crippen molar-refractivity contribution in [2.75, 3.05) is 26.3 Å². The fourth-order valence-electron chi connectivity index (χ4n) is 3.84. The predicted molar refractivity (Wildman–Crippen MR) is 117 cm³/mol. The Balaban J connectivity index is 1.55. The maximum absolute atomic E-state index is 5.71. The molecule has 1 aromatic heterocycles. The van der Waals surface area contributed by atoms with Crippen molar-refractivity contribution < 1.29 is 14.0 Å². The number of likely N-dealkylation sites (tertiary alicyclic amines) is 1. The highest BCUT2D eigenvalue weighted by atomic mass is 16.5. The minimum atomic E-state index is 0.466. The van der Waals surface area contributed by atoms with E-state index in [1.165, 1.54) is 37.1 Å². The number of hydrogen-bond acceptors (Lipinski definition) is 6. The van der Waals surface area contributed by atoms with Gasteiger partial charge in [-0.25, -0.2) is 0 Å². The Labute approximate surface area is 177 Å². The van der Waals surface area contributed by atoms with E-state index in [2.05, 4.69) is 40.2 Å². The van der Waals surface area contributed by atoms with Crippen LogP contribution < -0.4 is 9.47 Å². The lowest BCUT2D eigenvalue weighted by Crippen LogP contribution is -2.18. The second-order valence-corrected chi connectivity index (χ2v) is 7.58. The van der Waals surface area contributed by atoms with Crippen molar-refractivity contribution in [2.45, 2.75) is 40.2 Å². The van der Waals surface area contributed by atoms with Crippen LogP contribution in [0.15, 0.2) is 40.9 Å². The molecule has 0 N–H and O–H groups in total. The number of aromatic nitrogens is 2. The summed E-state index contributed by atoms with van der Waals surface area (Å²) < 4.78 is 16.9. The molecule has 0 unspecified atom stereocenters. The standard InChI is InChI=1S/C24H29N3O3/c1-4-28-21-11-10-19(15-22(21)29-5-2)24-25-23(26-30-24)18-8-9-20(17(3)14-18)16-27-12-6-7-13-27/h8-11,14-15H,4-7,12-13,16H2,1-3H3. The molecule has 0 radical (unpaired) electrons. The van der Waals surface area contributed by atoms with Gasteiger partial charge in [-0.15, -0.1) is 0 Å². The Bertz CT molecular complexity index is 993. The first-order valence-electron chi connectivity index (χ1n) is 10.7. The molecule has 6 heteroatoms. The van der Waals surface area contributed by atoms with E-state index in [4.69, 9.17) is 14.0 Å². The molecule has 1 aliphatic heterocycles. The Hall–Kier alpha value is -2.86. The number of nitrogens with zero attached hydrogens (tertiary/aromatic N) is 3. The van der Waals surface area contributed by atoms with Gasteiger partial charge in [0.2, 0.25) is 5.82 Å². The molecule has 0 aliphatic carbocycles. The van der Waals surface area contributed by atoms with Gasteiger partial charge in [0, 0.05) is 17.7 Å². The number of aryl methyl sites for hydroxylation is 1. The molecule has 158 valence electrons. The Kier molecular flexibility index (Phi) is 6.33. The van der Waals surface area contributed by atoms with Crippen LogP contribution >= 0.6 is 0 Å². The summed E-state index contributed by atoms with van der Waals surface area (Å²) in [6, 6.07) is 12.1. The van der Waals surface area contributed by atoms with Crippen molar-refractivity contribution in [1.29, 1.82) is 0 Å². The topological polar surface area (TPSA) is 60.6 Å². The van der Waals surface area contributed by atoms with Crippen molar-refractivity contribution in [3.05, 3.63) is 47.5 Å². The van der Waals surface area contributed by atoms with Crippen LogP contribution in [-0.2, 0) is 6.54 Å². The van der Waals surface area contributed by atoms with Crippen molar-refractivity contribution in [2.24, 2.45) is 0 Å². The van der Waals surface area contributed by atoms with Crippen molar-refractivity contribution in [1.82, 2.24) is 15.0 Å². The molecule has 1 aliphatic rings. The molecular weight excluding hydrogens is 378 g/mol. The van der Waals surface area contributed by atoms with Gasteiger partial charge in [0.05, 0.1) is 13.2 Å². The second-order valence-electron chi connectivity index (χ2n) is 7.58. The third-order valence-corrected chi connectivity index (χ3v) is 5.41. The van der Waals surface area contributed by atoms with Crippen LogP contribution in [0.3, 0.4) is 0 Å². The molecule has 0 atom stereocenters. The lowest BCUT2D eigenvalue weighted by molar-refractivity contribution is 0.288. The summed E-state index contributed by atoms with van der Waals surface area (Å²) >= 11 is 0. The van der Waals surface area contributed by atoms with Crippen molar-refractivity contribution in [3.8, 4) is 34.3 Å². The monoisotopic (exact) mass is 407 g/mol. The summed E-state index contributed by atoms with van der Waals surface area (Å²) in [4.78, 5) is 7.13. The number of rotatable bonds is 8. The molecule has 6 nitrogen and oxygen atoms in total. The number of ether oxygens (including phenoxy) is 2. The summed E-state index contributed by atoms with van der Waals surface area (Å²) in [5.74, 6) is 2.45. The third-order valence-electron chi connectivity index (χ3n) is 5.41. The van der Waals surface area contributed by atoms with Gasteiger partial charge in [-0.1, -0.05) is 17.3 Å². The minimum Gasteiger partial charge on any atom is -0.490 e. The largest absolute Gasteiger partial charge is 0.490 e. The second kappa shape index (κ2) is 9.30. The van der Waals surface area contributed by atoms with Crippen LogP contribution in [0.2, 0.25) is 0 Å². The first-order chi connectivity index (χ1) is 14.7. The summed E-state index contributed by atoms with van der Waals surface area (Å²) in [7, 11) is 0. The zero-order valence-corrected chi connectivity index (χ0v) is 18.0. The van der Waals surface area contributed by atoms with Gasteiger partial charge in [0.1, 0.15) is 0 Å². The molecular formula is C24H29N3O3. The lowest BCUT2D eigenvalue weighted by atomic mass is 10.0.